The number of hydrogen-bond donors (Lipinski definition) is 0. The molecule has 0 amide bonds. The Morgan fingerprint density at radius 1 is 0.871 bits per heavy atom. The summed E-state index contributed by atoms with van der Waals surface area (Å²) < 4.78 is 20.1. The van der Waals surface area contributed by atoms with Crippen molar-refractivity contribution in [2.24, 2.45) is 0 Å². The van der Waals surface area contributed by atoms with Crippen molar-refractivity contribution in [3.63, 3.8) is 0 Å². The van der Waals surface area contributed by atoms with Crippen LogP contribution in [0, 0.1) is 10.1 Å². The number of esters is 4. The van der Waals surface area contributed by atoms with Gasteiger partial charge in [-0.25, -0.2) is 4.79 Å². The van der Waals surface area contributed by atoms with Gasteiger partial charge < -0.3 is 18.9 Å². The van der Waals surface area contributed by atoms with Crippen molar-refractivity contribution >= 4 is 29.6 Å². The smallest absolute Gasteiger partial charge is 0.338 e. The number of rotatable bonds is 7. The van der Waals surface area contributed by atoms with E-state index in [-0.39, 0.29) is 35.1 Å². The van der Waals surface area contributed by atoms with Crippen molar-refractivity contribution in [1.82, 2.24) is 0 Å². The lowest BCUT2D eigenvalue weighted by Crippen LogP contribution is -2.13. The molecule has 0 aliphatic carbocycles. The lowest BCUT2D eigenvalue weighted by Gasteiger charge is -2.14. The molecule has 0 radical (unpaired) electrons. The monoisotopic (exact) mass is 431 g/mol. The van der Waals surface area contributed by atoms with Crippen LogP contribution < -0.4 is 14.2 Å². The van der Waals surface area contributed by atoms with E-state index in [9.17, 15) is 29.3 Å². The Labute approximate surface area is 175 Å². The maximum Gasteiger partial charge on any atom is 0.338 e. The van der Waals surface area contributed by atoms with E-state index >= 15 is 0 Å². The highest BCUT2D eigenvalue weighted by Crippen LogP contribution is 2.39. The molecule has 0 atom stereocenters. The van der Waals surface area contributed by atoms with Crippen LogP contribution in [0.2, 0.25) is 0 Å². The minimum absolute atomic E-state index is 0.173. The van der Waals surface area contributed by atoms with E-state index in [2.05, 4.69) is 0 Å². The molecule has 2 aromatic carbocycles. The Hall–Kier alpha value is -4.28. The number of nitrogens with zero attached hydrogens (tertiary/aromatic N) is 1. The second kappa shape index (κ2) is 9.96. The van der Waals surface area contributed by atoms with Gasteiger partial charge in [-0.3, -0.25) is 24.5 Å². The highest BCUT2D eigenvalue weighted by molar-refractivity contribution is 5.92. The van der Waals surface area contributed by atoms with Gasteiger partial charge in [-0.2, -0.15) is 0 Å². The Bertz CT molecular complexity index is 1020. The quantitative estimate of drug-likeness (QED) is 0.277. The largest absolute Gasteiger partial charge is 0.457 e. The molecule has 0 aliphatic heterocycles. The van der Waals surface area contributed by atoms with Crippen LogP contribution in [0.3, 0.4) is 0 Å². The second-order valence-corrected chi connectivity index (χ2v) is 6.09. The first-order valence-electron chi connectivity index (χ1n) is 8.70. The van der Waals surface area contributed by atoms with Gasteiger partial charge >= 0.3 is 23.9 Å². The Morgan fingerprint density at radius 2 is 1.42 bits per heavy atom. The minimum Gasteiger partial charge on any atom is -0.457 e. The lowest BCUT2D eigenvalue weighted by atomic mass is 10.1. The number of carbonyl (C=O) groups is 4. The molecule has 0 bridgehead atoms. The number of ether oxygens (including phenoxy) is 4. The first-order valence-corrected chi connectivity index (χ1v) is 8.70. The summed E-state index contributed by atoms with van der Waals surface area (Å²) in [5.74, 6) is -4.33. The summed E-state index contributed by atoms with van der Waals surface area (Å²) in [6.07, 6.45) is 0. The van der Waals surface area contributed by atoms with Gasteiger partial charge in [0, 0.05) is 32.9 Å². The molecule has 11 heteroatoms. The van der Waals surface area contributed by atoms with E-state index < -0.39 is 28.8 Å². The van der Waals surface area contributed by atoms with Gasteiger partial charge in [-0.05, 0) is 17.7 Å². The number of non-ortho nitro benzene ring substituents is 1. The molecule has 0 aromatic heterocycles. The summed E-state index contributed by atoms with van der Waals surface area (Å²) in [5, 5.41) is 10.9. The molecule has 0 saturated heterocycles. The summed E-state index contributed by atoms with van der Waals surface area (Å²) in [7, 11) is 0. The number of hydrogen-bond acceptors (Lipinski definition) is 10. The number of nitro benzene ring substituents is 1. The normalized spacial score (nSPS) is 10.0. The van der Waals surface area contributed by atoms with Gasteiger partial charge in [0.2, 0.25) is 5.75 Å². The van der Waals surface area contributed by atoms with Crippen LogP contribution in [-0.2, 0) is 25.7 Å². The van der Waals surface area contributed by atoms with Crippen LogP contribution in [-0.4, -0.2) is 28.8 Å². The van der Waals surface area contributed by atoms with E-state index in [0.29, 0.717) is 5.56 Å². The van der Waals surface area contributed by atoms with Crippen LogP contribution >= 0.6 is 0 Å². The maximum absolute atomic E-state index is 12.5. The van der Waals surface area contributed by atoms with Crippen molar-refractivity contribution < 1.29 is 43.0 Å². The van der Waals surface area contributed by atoms with E-state index in [1.165, 1.54) is 24.3 Å². The zero-order valence-corrected chi connectivity index (χ0v) is 16.7. The molecular formula is C20H17NO10. The van der Waals surface area contributed by atoms with Gasteiger partial charge in [0.1, 0.15) is 6.61 Å². The summed E-state index contributed by atoms with van der Waals surface area (Å²) in [4.78, 5) is 57.0. The molecule has 0 N–H and O–H groups in total. The zero-order valence-electron chi connectivity index (χ0n) is 16.7. The summed E-state index contributed by atoms with van der Waals surface area (Å²) in [6, 6.07) is 7.64. The topological polar surface area (TPSA) is 148 Å². The average Bonchev–Trinajstić information content (AvgIpc) is 2.67. The summed E-state index contributed by atoms with van der Waals surface area (Å²) in [5.41, 5.74) is 0.00177. The molecule has 0 fully saturated rings. The average molecular weight is 431 g/mol. The predicted molar refractivity (Wildman–Crippen MR) is 103 cm³/mol. The molecule has 0 spiro atoms. The summed E-state index contributed by atoms with van der Waals surface area (Å²) in [6.45, 7) is 2.95. The Morgan fingerprint density at radius 3 is 1.90 bits per heavy atom. The van der Waals surface area contributed by atoms with Crippen molar-refractivity contribution in [2.75, 3.05) is 0 Å². The molecule has 0 saturated carbocycles. The molecule has 0 unspecified atom stereocenters. The van der Waals surface area contributed by atoms with Crippen molar-refractivity contribution in [3.05, 3.63) is 57.6 Å². The fourth-order valence-corrected chi connectivity index (χ4v) is 2.39. The fraction of sp³-hybridized carbons (Fsp3) is 0.200. The second-order valence-electron chi connectivity index (χ2n) is 6.09. The first-order chi connectivity index (χ1) is 14.6. The standard InChI is InChI=1S/C20H17NO10/c1-11(22)29-17-8-15(9-18(30-12(2)23)19(17)31-13(3)24)20(25)28-10-14-5-4-6-16(7-14)21(26)27/h4-9H,10H2,1-3H3. The van der Waals surface area contributed by atoms with Gasteiger partial charge in [0.15, 0.2) is 11.5 Å². The van der Waals surface area contributed by atoms with Gasteiger partial charge in [-0.15, -0.1) is 0 Å². The predicted octanol–water partition coefficient (Wildman–Crippen LogP) is 2.73. The van der Waals surface area contributed by atoms with Crippen LogP contribution in [0.25, 0.3) is 0 Å². The van der Waals surface area contributed by atoms with Crippen molar-refractivity contribution in [2.45, 2.75) is 27.4 Å². The molecule has 2 aromatic rings. The molecular weight excluding hydrogens is 414 g/mol. The Kier molecular flexibility index (Phi) is 7.39. The van der Waals surface area contributed by atoms with Crippen LogP contribution in [0.4, 0.5) is 5.69 Å². The first kappa shape index (κ1) is 23.0. The minimum atomic E-state index is -0.914. The van der Waals surface area contributed by atoms with Gasteiger partial charge in [-0.1, -0.05) is 12.1 Å². The lowest BCUT2D eigenvalue weighted by molar-refractivity contribution is -0.384. The number of carbonyl (C=O) groups excluding carboxylic acids is 4. The molecule has 0 heterocycles. The van der Waals surface area contributed by atoms with E-state index in [4.69, 9.17) is 18.9 Å². The Balaban J connectivity index is 2.37. The van der Waals surface area contributed by atoms with Crippen LogP contribution in [0.15, 0.2) is 36.4 Å². The third-order valence-electron chi connectivity index (χ3n) is 3.50. The van der Waals surface area contributed by atoms with Crippen molar-refractivity contribution in [3.8, 4) is 17.2 Å². The van der Waals surface area contributed by atoms with E-state index in [1.54, 1.807) is 0 Å². The maximum atomic E-state index is 12.5. The zero-order chi connectivity index (χ0) is 23.1. The van der Waals surface area contributed by atoms with E-state index in [0.717, 1.165) is 32.9 Å². The highest BCUT2D eigenvalue weighted by Gasteiger charge is 2.23. The van der Waals surface area contributed by atoms with Gasteiger partial charge in [0.05, 0.1) is 10.5 Å². The van der Waals surface area contributed by atoms with E-state index in [1.807, 2.05) is 0 Å². The molecule has 31 heavy (non-hydrogen) atoms. The number of nitro groups is 1. The third-order valence-corrected chi connectivity index (χ3v) is 3.50. The summed E-state index contributed by atoms with van der Waals surface area (Å²) >= 11 is 0. The van der Waals surface area contributed by atoms with Gasteiger partial charge in [0.25, 0.3) is 5.69 Å². The van der Waals surface area contributed by atoms with Crippen LogP contribution in [0.1, 0.15) is 36.7 Å². The molecule has 11 nitrogen and oxygen atoms in total. The molecule has 162 valence electrons. The molecule has 0 aliphatic rings. The molecule has 2 rings (SSSR count). The SMILES string of the molecule is CC(=O)Oc1cc(C(=O)OCc2cccc([N+](=O)[O-])c2)cc(OC(C)=O)c1OC(C)=O. The van der Waals surface area contributed by atoms with Crippen LogP contribution in [0.5, 0.6) is 17.2 Å². The third kappa shape index (κ3) is 6.63. The number of benzene rings is 2. The fourth-order valence-electron chi connectivity index (χ4n) is 2.39. The van der Waals surface area contributed by atoms with Crippen molar-refractivity contribution in [1.29, 1.82) is 0 Å². The highest BCUT2D eigenvalue weighted by atomic mass is 16.6.